The summed E-state index contributed by atoms with van der Waals surface area (Å²) in [6.45, 7) is 6.81. The normalized spacial score (nSPS) is 20.5. The van der Waals surface area contributed by atoms with Crippen LogP contribution in [0.2, 0.25) is 0 Å². The zero-order valence-electron chi connectivity index (χ0n) is 11.6. The van der Waals surface area contributed by atoms with E-state index in [1.807, 2.05) is 0 Å². The average Bonchev–Trinajstić information content (AvgIpc) is 2.72. The number of halogens is 1. The molecule has 1 unspecified atom stereocenters. The molecule has 1 saturated heterocycles. The summed E-state index contributed by atoms with van der Waals surface area (Å²) in [5.74, 6) is 0. The highest BCUT2D eigenvalue weighted by molar-refractivity contribution is 9.09. The van der Waals surface area contributed by atoms with Crippen LogP contribution < -0.4 is 0 Å². The van der Waals surface area contributed by atoms with Gasteiger partial charge < -0.3 is 0 Å². The summed E-state index contributed by atoms with van der Waals surface area (Å²) in [6.07, 6.45) is 5.40. The molecule has 1 nitrogen and oxygen atoms in total. The van der Waals surface area contributed by atoms with Gasteiger partial charge in [-0.05, 0) is 51.6 Å². The first-order valence-corrected chi connectivity index (χ1v) is 8.18. The largest absolute Gasteiger partial charge is 0.296 e. The second kappa shape index (κ2) is 6.72. The molecular weight excluding hydrogens is 286 g/mol. The van der Waals surface area contributed by atoms with Gasteiger partial charge in [-0.2, -0.15) is 0 Å². The van der Waals surface area contributed by atoms with E-state index < -0.39 is 0 Å². The molecule has 0 N–H and O–H groups in total. The number of nitrogens with zero attached hydrogens (tertiary/aromatic N) is 1. The minimum atomic E-state index is 0.809. The van der Waals surface area contributed by atoms with Gasteiger partial charge in [0.15, 0.2) is 0 Å². The standard InChI is InChI=1S/C16H24BrN/c1-13-9-14(2)11-15(10-13)12-18-8-4-6-16(18)5-3-7-17/h9-11,16H,3-8,12H2,1-2H3. The third-order valence-corrected chi connectivity index (χ3v) is 4.40. The van der Waals surface area contributed by atoms with Gasteiger partial charge in [0, 0.05) is 17.9 Å². The Morgan fingerprint density at radius 3 is 2.61 bits per heavy atom. The van der Waals surface area contributed by atoms with Gasteiger partial charge in [0.05, 0.1) is 0 Å². The van der Waals surface area contributed by atoms with E-state index in [2.05, 4.69) is 52.9 Å². The molecule has 0 aromatic heterocycles. The van der Waals surface area contributed by atoms with Crippen LogP contribution in [-0.4, -0.2) is 22.8 Å². The summed E-state index contributed by atoms with van der Waals surface area (Å²) in [4.78, 5) is 2.68. The zero-order chi connectivity index (χ0) is 13.0. The number of benzene rings is 1. The van der Waals surface area contributed by atoms with Crippen molar-refractivity contribution >= 4 is 15.9 Å². The Morgan fingerprint density at radius 1 is 1.22 bits per heavy atom. The van der Waals surface area contributed by atoms with Crippen molar-refractivity contribution < 1.29 is 0 Å². The highest BCUT2D eigenvalue weighted by Gasteiger charge is 2.23. The summed E-state index contributed by atoms with van der Waals surface area (Å²) in [5.41, 5.74) is 4.26. The first kappa shape index (κ1) is 14.1. The van der Waals surface area contributed by atoms with Gasteiger partial charge >= 0.3 is 0 Å². The van der Waals surface area contributed by atoms with E-state index in [0.717, 1.165) is 17.9 Å². The number of aryl methyl sites for hydroxylation is 2. The van der Waals surface area contributed by atoms with Crippen molar-refractivity contribution in [3.05, 3.63) is 34.9 Å². The van der Waals surface area contributed by atoms with Gasteiger partial charge in [-0.15, -0.1) is 0 Å². The molecule has 2 heteroatoms. The summed E-state index contributed by atoms with van der Waals surface area (Å²) in [6, 6.07) is 7.75. The first-order chi connectivity index (χ1) is 8.69. The van der Waals surface area contributed by atoms with Gasteiger partial charge in [0.25, 0.3) is 0 Å². The third-order valence-electron chi connectivity index (χ3n) is 3.84. The lowest BCUT2D eigenvalue weighted by Gasteiger charge is -2.24. The fourth-order valence-electron chi connectivity index (χ4n) is 3.14. The van der Waals surface area contributed by atoms with Crippen molar-refractivity contribution in [2.75, 3.05) is 11.9 Å². The second-order valence-corrected chi connectivity index (χ2v) is 6.39. The fourth-order valence-corrected chi connectivity index (χ4v) is 3.46. The Bertz CT molecular complexity index is 368. The second-order valence-electron chi connectivity index (χ2n) is 5.59. The SMILES string of the molecule is Cc1cc(C)cc(CN2CCCC2CCCBr)c1. The lowest BCUT2D eigenvalue weighted by Crippen LogP contribution is -2.29. The quantitative estimate of drug-likeness (QED) is 0.727. The van der Waals surface area contributed by atoms with E-state index in [9.17, 15) is 0 Å². The van der Waals surface area contributed by atoms with Crippen molar-refractivity contribution in [2.24, 2.45) is 0 Å². The van der Waals surface area contributed by atoms with Crippen LogP contribution in [0.15, 0.2) is 18.2 Å². The predicted molar refractivity (Wildman–Crippen MR) is 82.4 cm³/mol. The van der Waals surface area contributed by atoms with Crippen molar-refractivity contribution in [3.8, 4) is 0 Å². The third kappa shape index (κ3) is 3.83. The monoisotopic (exact) mass is 309 g/mol. The van der Waals surface area contributed by atoms with Crippen LogP contribution in [0.3, 0.4) is 0 Å². The van der Waals surface area contributed by atoms with Gasteiger partial charge in [-0.3, -0.25) is 4.90 Å². The summed E-state index contributed by atoms with van der Waals surface area (Å²) in [7, 11) is 0. The predicted octanol–water partition coefficient (Wildman–Crippen LogP) is 4.44. The smallest absolute Gasteiger partial charge is 0.0236 e. The molecule has 1 atom stereocenters. The van der Waals surface area contributed by atoms with Crippen molar-refractivity contribution in [2.45, 2.75) is 52.1 Å². The Kier molecular flexibility index (Phi) is 5.25. The molecule has 1 heterocycles. The Balaban J connectivity index is 1.98. The molecule has 1 aromatic carbocycles. The van der Waals surface area contributed by atoms with Gasteiger partial charge in [0.2, 0.25) is 0 Å². The van der Waals surface area contributed by atoms with E-state index in [0.29, 0.717) is 0 Å². The zero-order valence-corrected chi connectivity index (χ0v) is 13.2. The summed E-state index contributed by atoms with van der Waals surface area (Å²) < 4.78 is 0. The highest BCUT2D eigenvalue weighted by atomic mass is 79.9. The van der Waals surface area contributed by atoms with E-state index in [1.54, 1.807) is 0 Å². The van der Waals surface area contributed by atoms with Crippen LogP contribution in [0.25, 0.3) is 0 Å². The molecule has 1 aliphatic rings. The molecule has 0 bridgehead atoms. The molecule has 100 valence electrons. The van der Waals surface area contributed by atoms with Crippen molar-refractivity contribution in [3.63, 3.8) is 0 Å². The molecule has 1 fully saturated rings. The molecular formula is C16H24BrN. The first-order valence-electron chi connectivity index (χ1n) is 7.06. The van der Waals surface area contributed by atoms with E-state index in [4.69, 9.17) is 0 Å². The number of hydrogen-bond donors (Lipinski definition) is 0. The minimum Gasteiger partial charge on any atom is -0.296 e. The van der Waals surface area contributed by atoms with E-state index in [1.165, 1.54) is 48.9 Å². The molecule has 1 aromatic rings. The van der Waals surface area contributed by atoms with Crippen LogP contribution in [0.1, 0.15) is 42.4 Å². The maximum absolute atomic E-state index is 3.54. The minimum absolute atomic E-state index is 0.809. The molecule has 18 heavy (non-hydrogen) atoms. The van der Waals surface area contributed by atoms with Crippen LogP contribution in [-0.2, 0) is 6.54 Å². The van der Waals surface area contributed by atoms with Crippen molar-refractivity contribution in [1.29, 1.82) is 0 Å². The fraction of sp³-hybridized carbons (Fsp3) is 0.625. The molecule has 0 aliphatic carbocycles. The lowest BCUT2D eigenvalue weighted by molar-refractivity contribution is 0.234. The van der Waals surface area contributed by atoms with Crippen LogP contribution in [0, 0.1) is 13.8 Å². The number of rotatable bonds is 5. The highest BCUT2D eigenvalue weighted by Crippen LogP contribution is 2.24. The molecule has 0 spiro atoms. The van der Waals surface area contributed by atoms with Crippen molar-refractivity contribution in [1.82, 2.24) is 4.90 Å². The van der Waals surface area contributed by atoms with Gasteiger partial charge in [0.1, 0.15) is 0 Å². The average molecular weight is 310 g/mol. The topological polar surface area (TPSA) is 3.24 Å². The summed E-state index contributed by atoms with van der Waals surface area (Å²) >= 11 is 3.54. The number of alkyl halides is 1. The van der Waals surface area contributed by atoms with Crippen LogP contribution in [0.4, 0.5) is 0 Å². The summed E-state index contributed by atoms with van der Waals surface area (Å²) in [5, 5.41) is 1.14. The molecule has 1 aliphatic heterocycles. The van der Waals surface area contributed by atoms with E-state index in [-0.39, 0.29) is 0 Å². The molecule has 0 radical (unpaired) electrons. The maximum atomic E-state index is 3.54. The van der Waals surface area contributed by atoms with Gasteiger partial charge in [-0.25, -0.2) is 0 Å². The van der Waals surface area contributed by atoms with E-state index >= 15 is 0 Å². The molecule has 0 amide bonds. The van der Waals surface area contributed by atoms with Crippen LogP contribution in [0.5, 0.6) is 0 Å². The van der Waals surface area contributed by atoms with Gasteiger partial charge in [-0.1, -0.05) is 45.3 Å². The Morgan fingerprint density at radius 2 is 1.94 bits per heavy atom. The Labute approximate surface area is 120 Å². The van der Waals surface area contributed by atoms with Crippen LogP contribution >= 0.6 is 15.9 Å². The number of likely N-dealkylation sites (tertiary alicyclic amines) is 1. The number of hydrogen-bond acceptors (Lipinski definition) is 1. The molecule has 2 rings (SSSR count). The Hall–Kier alpha value is -0.340. The lowest BCUT2D eigenvalue weighted by atomic mass is 10.1. The maximum Gasteiger partial charge on any atom is 0.0236 e. The molecule has 0 saturated carbocycles.